The van der Waals surface area contributed by atoms with Gasteiger partial charge in [0.2, 0.25) is 0 Å². The smallest absolute Gasteiger partial charge is 0.355 e. The highest BCUT2D eigenvalue weighted by Gasteiger charge is 2.34. The number of cyclic esters (lactones) is 1. The van der Waals surface area contributed by atoms with Crippen molar-refractivity contribution < 1.29 is 28.6 Å². The van der Waals surface area contributed by atoms with Gasteiger partial charge in [0, 0.05) is 11.8 Å². The number of carbonyl (C=O) groups is 3. The third-order valence-corrected chi connectivity index (χ3v) is 4.21. The summed E-state index contributed by atoms with van der Waals surface area (Å²) in [4.78, 5) is 38.2. The molecule has 0 amide bonds. The van der Waals surface area contributed by atoms with Crippen molar-refractivity contribution in [3.8, 4) is 0 Å². The standard InChI is InChI=1S/C18H14ClNO6/c1-24-16(21)11-5-3-4-8-20(14(11)18(23)25-2)15-12(19)7-6-10-9-26-17(22)13(10)15/h3-8H,9H2,1-2H3. The molecule has 7 nitrogen and oxygen atoms in total. The Morgan fingerprint density at radius 3 is 2.58 bits per heavy atom. The van der Waals surface area contributed by atoms with E-state index in [1.807, 2.05) is 0 Å². The second kappa shape index (κ2) is 7.05. The first kappa shape index (κ1) is 17.8. The number of esters is 3. The minimum absolute atomic E-state index is 0.0376. The molecule has 0 atom stereocenters. The lowest BCUT2D eigenvalue weighted by molar-refractivity contribution is -0.139. The van der Waals surface area contributed by atoms with Crippen molar-refractivity contribution >= 4 is 35.2 Å². The van der Waals surface area contributed by atoms with E-state index < -0.39 is 17.9 Å². The summed E-state index contributed by atoms with van der Waals surface area (Å²) in [6.45, 7) is 0.106. The van der Waals surface area contributed by atoms with Crippen LogP contribution < -0.4 is 4.90 Å². The Labute approximate surface area is 154 Å². The van der Waals surface area contributed by atoms with Crippen LogP contribution in [0.4, 0.5) is 5.69 Å². The molecule has 1 aromatic carbocycles. The molecule has 26 heavy (non-hydrogen) atoms. The molecule has 2 heterocycles. The van der Waals surface area contributed by atoms with Gasteiger partial charge in [0.1, 0.15) is 12.3 Å². The number of halogens is 1. The lowest BCUT2D eigenvalue weighted by atomic mass is 10.1. The van der Waals surface area contributed by atoms with E-state index in [2.05, 4.69) is 0 Å². The average Bonchev–Trinajstić information content (AvgIpc) is 2.89. The Morgan fingerprint density at radius 1 is 1.15 bits per heavy atom. The van der Waals surface area contributed by atoms with Gasteiger partial charge < -0.3 is 19.1 Å². The molecule has 2 aliphatic heterocycles. The number of carbonyl (C=O) groups excluding carboxylic acids is 3. The third kappa shape index (κ3) is 2.86. The van der Waals surface area contributed by atoms with Crippen LogP contribution in [0.3, 0.4) is 0 Å². The number of hydrogen-bond acceptors (Lipinski definition) is 7. The van der Waals surface area contributed by atoms with Crippen molar-refractivity contribution in [3.05, 3.63) is 64.0 Å². The van der Waals surface area contributed by atoms with E-state index in [4.69, 9.17) is 25.8 Å². The molecule has 3 rings (SSSR count). The molecular weight excluding hydrogens is 362 g/mol. The molecule has 0 aliphatic carbocycles. The molecule has 0 unspecified atom stereocenters. The molecule has 1 aromatic rings. The summed E-state index contributed by atoms with van der Waals surface area (Å²) < 4.78 is 14.7. The van der Waals surface area contributed by atoms with Gasteiger partial charge in [0.05, 0.1) is 36.1 Å². The van der Waals surface area contributed by atoms with E-state index in [-0.39, 0.29) is 34.2 Å². The van der Waals surface area contributed by atoms with Crippen molar-refractivity contribution in [2.45, 2.75) is 6.61 Å². The van der Waals surface area contributed by atoms with Crippen LogP contribution in [-0.4, -0.2) is 32.1 Å². The van der Waals surface area contributed by atoms with Crippen LogP contribution in [-0.2, 0) is 30.4 Å². The summed E-state index contributed by atoms with van der Waals surface area (Å²) in [5, 5.41) is 0.208. The first-order chi connectivity index (χ1) is 12.5. The highest BCUT2D eigenvalue weighted by molar-refractivity contribution is 6.34. The summed E-state index contributed by atoms with van der Waals surface area (Å²) in [5.41, 5.74) is 0.927. The summed E-state index contributed by atoms with van der Waals surface area (Å²) in [6.07, 6.45) is 6.08. The number of hydrogen-bond donors (Lipinski definition) is 0. The van der Waals surface area contributed by atoms with Crippen molar-refractivity contribution in [1.29, 1.82) is 0 Å². The van der Waals surface area contributed by atoms with Crippen LogP contribution in [0.1, 0.15) is 15.9 Å². The second-order valence-corrected chi connectivity index (χ2v) is 5.73. The molecule has 0 aromatic heterocycles. The highest BCUT2D eigenvalue weighted by atomic mass is 35.5. The summed E-state index contributed by atoms with van der Waals surface area (Å²) in [6, 6.07) is 3.27. The van der Waals surface area contributed by atoms with Gasteiger partial charge in [-0.25, -0.2) is 14.4 Å². The van der Waals surface area contributed by atoms with E-state index in [1.54, 1.807) is 24.3 Å². The topological polar surface area (TPSA) is 82.1 Å². The summed E-state index contributed by atoms with van der Waals surface area (Å²) in [7, 11) is 2.39. The van der Waals surface area contributed by atoms with E-state index in [0.29, 0.717) is 5.56 Å². The van der Waals surface area contributed by atoms with E-state index in [0.717, 1.165) is 0 Å². The molecule has 0 fully saturated rings. The summed E-state index contributed by atoms with van der Waals surface area (Å²) >= 11 is 6.34. The SMILES string of the molecule is COC(=O)C1=C(C(=O)OC)N(c2c(Cl)ccc3c2C(=O)OC3)C=CC=C1. The molecule has 0 radical (unpaired) electrons. The number of anilines is 1. The van der Waals surface area contributed by atoms with Crippen LogP contribution in [0.5, 0.6) is 0 Å². The predicted octanol–water partition coefficient (Wildman–Crippen LogP) is 2.50. The first-order valence-electron chi connectivity index (χ1n) is 7.53. The largest absolute Gasteiger partial charge is 0.465 e. The number of nitrogens with zero attached hydrogens (tertiary/aromatic N) is 1. The number of ether oxygens (including phenoxy) is 3. The van der Waals surface area contributed by atoms with Gasteiger partial charge in [-0.1, -0.05) is 23.7 Å². The molecule has 0 bridgehead atoms. The van der Waals surface area contributed by atoms with Gasteiger partial charge in [-0.2, -0.15) is 0 Å². The Bertz CT molecular complexity index is 899. The van der Waals surface area contributed by atoms with Crippen molar-refractivity contribution in [2.24, 2.45) is 0 Å². The highest BCUT2D eigenvalue weighted by Crippen LogP contribution is 2.39. The predicted molar refractivity (Wildman–Crippen MR) is 92.4 cm³/mol. The quantitative estimate of drug-likeness (QED) is 0.593. The molecular formula is C18H14ClNO6. The fraction of sp³-hybridized carbons (Fsp3) is 0.167. The maximum atomic E-state index is 12.5. The number of allylic oxidation sites excluding steroid dienone is 2. The Kier molecular flexibility index (Phi) is 4.81. The fourth-order valence-electron chi connectivity index (χ4n) is 2.74. The van der Waals surface area contributed by atoms with Gasteiger partial charge >= 0.3 is 17.9 Å². The zero-order valence-electron chi connectivity index (χ0n) is 13.9. The van der Waals surface area contributed by atoms with Crippen molar-refractivity contribution in [2.75, 3.05) is 19.1 Å². The van der Waals surface area contributed by atoms with Gasteiger partial charge in [-0.3, -0.25) is 0 Å². The summed E-state index contributed by atoms with van der Waals surface area (Å²) in [5.74, 6) is -2.09. The van der Waals surface area contributed by atoms with Gasteiger partial charge in [0.25, 0.3) is 0 Å². The number of benzene rings is 1. The molecule has 8 heteroatoms. The maximum Gasteiger partial charge on any atom is 0.355 e. The van der Waals surface area contributed by atoms with Crippen LogP contribution in [0.2, 0.25) is 5.02 Å². The Morgan fingerprint density at radius 2 is 1.88 bits per heavy atom. The molecule has 0 N–H and O–H groups in total. The average molecular weight is 376 g/mol. The second-order valence-electron chi connectivity index (χ2n) is 5.32. The van der Waals surface area contributed by atoms with Crippen molar-refractivity contribution in [1.82, 2.24) is 0 Å². The van der Waals surface area contributed by atoms with Crippen LogP contribution in [0.25, 0.3) is 0 Å². The zero-order valence-corrected chi connectivity index (χ0v) is 14.7. The van der Waals surface area contributed by atoms with Crippen LogP contribution >= 0.6 is 11.6 Å². The first-order valence-corrected chi connectivity index (χ1v) is 7.91. The minimum Gasteiger partial charge on any atom is -0.465 e. The number of methoxy groups -OCH3 is 2. The number of fused-ring (bicyclic) bond motifs is 1. The van der Waals surface area contributed by atoms with Gasteiger partial charge in [0.15, 0.2) is 0 Å². The molecule has 134 valence electrons. The van der Waals surface area contributed by atoms with E-state index >= 15 is 0 Å². The van der Waals surface area contributed by atoms with E-state index in [9.17, 15) is 14.4 Å². The van der Waals surface area contributed by atoms with Gasteiger partial charge in [-0.15, -0.1) is 0 Å². The monoisotopic (exact) mass is 375 g/mol. The van der Waals surface area contributed by atoms with E-state index in [1.165, 1.54) is 31.4 Å². The van der Waals surface area contributed by atoms with Crippen molar-refractivity contribution in [3.63, 3.8) is 0 Å². The molecule has 0 spiro atoms. The molecule has 2 aliphatic rings. The fourth-order valence-corrected chi connectivity index (χ4v) is 2.99. The Hall–Kier alpha value is -3.06. The minimum atomic E-state index is -0.790. The zero-order chi connectivity index (χ0) is 18.8. The Balaban J connectivity index is 2.30. The molecule has 0 saturated heterocycles. The van der Waals surface area contributed by atoms with Crippen LogP contribution in [0.15, 0.2) is 47.8 Å². The molecule has 0 saturated carbocycles. The third-order valence-electron chi connectivity index (χ3n) is 3.91. The normalized spacial score (nSPS) is 15.5. The number of rotatable bonds is 3. The van der Waals surface area contributed by atoms with Crippen LogP contribution in [0, 0.1) is 0 Å². The maximum absolute atomic E-state index is 12.5. The lowest BCUT2D eigenvalue weighted by Gasteiger charge is -2.25. The van der Waals surface area contributed by atoms with Gasteiger partial charge in [-0.05, 0) is 18.2 Å². The lowest BCUT2D eigenvalue weighted by Crippen LogP contribution is -2.28.